The predicted molar refractivity (Wildman–Crippen MR) is 81.8 cm³/mol. The SMILES string of the molecule is CCCc1ncc2cc(SC)nc(N3CCOCC3)n12. The number of thioether (sulfide) groups is 1. The summed E-state index contributed by atoms with van der Waals surface area (Å²) in [5, 5.41) is 1.04. The van der Waals surface area contributed by atoms with Gasteiger partial charge in [-0.25, -0.2) is 9.97 Å². The van der Waals surface area contributed by atoms with Crippen molar-refractivity contribution in [2.45, 2.75) is 24.8 Å². The highest BCUT2D eigenvalue weighted by molar-refractivity contribution is 7.98. The fourth-order valence-corrected chi connectivity index (χ4v) is 2.94. The van der Waals surface area contributed by atoms with Crippen molar-refractivity contribution in [2.24, 2.45) is 0 Å². The Morgan fingerprint density at radius 3 is 2.85 bits per heavy atom. The van der Waals surface area contributed by atoms with E-state index in [9.17, 15) is 0 Å². The van der Waals surface area contributed by atoms with Gasteiger partial charge < -0.3 is 9.64 Å². The number of aromatic nitrogens is 3. The molecule has 1 aliphatic heterocycles. The van der Waals surface area contributed by atoms with Crippen LogP contribution >= 0.6 is 11.8 Å². The van der Waals surface area contributed by atoms with Crippen molar-refractivity contribution in [3.63, 3.8) is 0 Å². The fourth-order valence-electron chi connectivity index (χ4n) is 2.53. The van der Waals surface area contributed by atoms with Gasteiger partial charge >= 0.3 is 0 Å². The zero-order chi connectivity index (χ0) is 13.9. The molecule has 0 N–H and O–H groups in total. The van der Waals surface area contributed by atoms with Gasteiger partial charge in [0.1, 0.15) is 10.9 Å². The third kappa shape index (κ3) is 2.50. The van der Waals surface area contributed by atoms with E-state index in [-0.39, 0.29) is 0 Å². The fraction of sp³-hybridized carbons (Fsp3) is 0.571. The van der Waals surface area contributed by atoms with Gasteiger partial charge in [0.15, 0.2) is 0 Å². The van der Waals surface area contributed by atoms with Crippen LogP contribution < -0.4 is 4.90 Å². The molecule has 20 heavy (non-hydrogen) atoms. The Hall–Kier alpha value is -1.27. The highest BCUT2D eigenvalue weighted by Crippen LogP contribution is 2.24. The second-order valence-electron chi connectivity index (χ2n) is 4.88. The molecule has 0 atom stereocenters. The number of fused-ring (bicyclic) bond motifs is 1. The first-order valence-electron chi connectivity index (χ1n) is 7.07. The standard InChI is InChI=1S/C14H20N4OS/c1-3-4-12-15-10-11-9-13(20-2)16-14(18(11)12)17-5-7-19-8-6-17/h9-10H,3-8H2,1-2H3. The number of ether oxygens (including phenoxy) is 1. The lowest BCUT2D eigenvalue weighted by Crippen LogP contribution is -2.38. The van der Waals surface area contributed by atoms with E-state index >= 15 is 0 Å². The van der Waals surface area contributed by atoms with E-state index in [1.54, 1.807) is 11.8 Å². The van der Waals surface area contributed by atoms with E-state index in [1.165, 1.54) is 0 Å². The van der Waals surface area contributed by atoms with Crippen LogP contribution in [0.4, 0.5) is 5.95 Å². The highest BCUT2D eigenvalue weighted by Gasteiger charge is 2.18. The Morgan fingerprint density at radius 2 is 2.15 bits per heavy atom. The van der Waals surface area contributed by atoms with Crippen LogP contribution in [0.25, 0.3) is 5.52 Å². The summed E-state index contributed by atoms with van der Waals surface area (Å²) < 4.78 is 7.65. The Labute approximate surface area is 123 Å². The molecule has 1 saturated heterocycles. The Kier molecular flexibility index (Phi) is 4.12. The maximum absolute atomic E-state index is 5.45. The van der Waals surface area contributed by atoms with Gasteiger partial charge in [-0.3, -0.25) is 4.40 Å². The van der Waals surface area contributed by atoms with Gasteiger partial charge in [0.2, 0.25) is 5.95 Å². The third-order valence-electron chi connectivity index (χ3n) is 3.52. The van der Waals surface area contributed by atoms with Gasteiger partial charge in [-0.1, -0.05) is 6.92 Å². The maximum atomic E-state index is 5.45. The van der Waals surface area contributed by atoms with Crippen LogP contribution in [0, 0.1) is 0 Å². The molecule has 0 radical (unpaired) electrons. The van der Waals surface area contributed by atoms with Gasteiger partial charge in [-0.15, -0.1) is 11.8 Å². The molecule has 1 aliphatic rings. The summed E-state index contributed by atoms with van der Waals surface area (Å²) in [5.74, 6) is 2.11. The second-order valence-corrected chi connectivity index (χ2v) is 5.71. The van der Waals surface area contributed by atoms with Crippen molar-refractivity contribution in [3.05, 3.63) is 18.1 Å². The van der Waals surface area contributed by atoms with Crippen LogP contribution in [0.3, 0.4) is 0 Å². The van der Waals surface area contributed by atoms with Gasteiger partial charge in [-0.2, -0.15) is 0 Å². The lowest BCUT2D eigenvalue weighted by atomic mass is 10.3. The van der Waals surface area contributed by atoms with Crippen molar-refractivity contribution < 1.29 is 4.74 Å². The van der Waals surface area contributed by atoms with Gasteiger partial charge in [0.05, 0.1) is 24.9 Å². The van der Waals surface area contributed by atoms with Crippen molar-refractivity contribution in [3.8, 4) is 0 Å². The van der Waals surface area contributed by atoms with Crippen molar-refractivity contribution in [2.75, 3.05) is 37.5 Å². The number of morpholine rings is 1. The summed E-state index contributed by atoms with van der Waals surface area (Å²) in [5.41, 5.74) is 1.13. The van der Waals surface area contributed by atoms with Gasteiger partial charge in [0, 0.05) is 19.5 Å². The number of hydrogen-bond donors (Lipinski definition) is 0. The van der Waals surface area contributed by atoms with Crippen molar-refractivity contribution in [1.82, 2.24) is 14.4 Å². The Bertz CT molecular complexity index is 592. The smallest absolute Gasteiger partial charge is 0.212 e. The number of rotatable bonds is 4. The average Bonchev–Trinajstić information content (AvgIpc) is 2.91. The monoisotopic (exact) mass is 292 g/mol. The first kappa shape index (κ1) is 13.7. The molecular formula is C14H20N4OS. The van der Waals surface area contributed by atoms with Crippen molar-refractivity contribution >= 4 is 23.2 Å². The lowest BCUT2D eigenvalue weighted by molar-refractivity contribution is 0.122. The number of nitrogens with zero attached hydrogens (tertiary/aromatic N) is 4. The molecule has 5 nitrogen and oxygen atoms in total. The van der Waals surface area contributed by atoms with E-state index in [4.69, 9.17) is 9.72 Å². The molecule has 2 aromatic rings. The minimum absolute atomic E-state index is 0.768. The zero-order valence-electron chi connectivity index (χ0n) is 12.0. The second kappa shape index (κ2) is 6.01. The van der Waals surface area contributed by atoms with Crippen molar-refractivity contribution in [1.29, 1.82) is 0 Å². The van der Waals surface area contributed by atoms with Crippen LogP contribution in [0.15, 0.2) is 17.3 Å². The molecule has 108 valence electrons. The summed E-state index contributed by atoms with van der Waals surface area (Å²) in [6, 6.07) is 2.11. The summed E-state index contributed by atoms with van der Waals surface area (Å²) in [6.45, 7) is 5.50. The van der Waals surface area contributed by atoms with Crippen LogP contribution in [0.2, 0.25) is 0 Å². The van der Waals surface area contributed by atoms with Gasteiger partial charge in [-0.05, 0) is 18.7 Å². The van der Waals surface area contributed by atoms with Crippen LogP contribution in [-0.2, 0) is 11.2 Å². The molecule has 0 spiro atoms. The first-order chi connectivity index (χ1) is 9.83. The number of imidazole rings is 1. The Balaban J connectivity index is 2.11. The zero-order valence-corrected chi connectivity index (χ0v) is 12.8. The molecule has 3 rings (SSSR count). The van der Waals surface area contributed by atoms with E-state index in [2.05, 4.69) is 33.5 Å². The molecule has 0 unspecified atom stereocenters. The number of anilines is 1. The molecule has 0 bridgehead atoms. The van der Waals surface area contributed by atoms with E-state index < -0.39 is 0 Å². The van der Waals surface area contributed by atoms with Gasteiger partial charge in [0.25, 0.3) is 0 Å². The number of hydrogen-bond acceptors (Lipinski definition) is 5. The molecule has 0 aromatic carbocycles. The molecule has 0 amide bonds. The summed E-state index contributed by atoms with van der Waals surface area (Å²) in [6.07, 6.45) is 6.08. The maximum Gasteiger partial charge on any atom is 0.212 e. The minimum Gasteiger partial charge on any atom is -0.378 e. The predicted octanol–water partition coefficient (Wildman–Crippen LogP) is 2.24. The van der Waals surface area contributed by atoms with E-state index in [0.29, 0.717) is 0 Å². The number of aryl methyl sites for hydroxylation is 1. The highest BCUT2D eigenvalue weighted by atomic mass is 32.2. The third-order valence-corrected chi connectivity index (χ3v) is 4.15. The molecule has 2 aromatic heterocycles. The molecule has 0 aliphatic carbocycles. The topological polar surface area (TPSA) is 42.7 Å². The molecule has 0 saturated carbocycles. The lowest BCUT2D eigenvalue weighted by Gasteiger charge is -2.28. The van der Waals surface area contributed by atoms with E-state index in [1.807, 2.05) is 6.20 Å². The average molecular weight is 292 g/mol. The van der Waals surface area contributed by atoms with Crippen LogP contribution in [0.1, 0.15) is 19.2 Å². The molecule has 6 heteroatoms. The quantitative estimate of drug-likeness (QED) is 0.638. The molecule has 1 fully saturated rings. The Morgan fingerprint density at radius 1 is 1.35 bits per heavy atom. The molecular weight excluding hydrogens is 272 g/mol. The summed E-state index contributed by atoms with van der Waals surface area (Å²) >= 11 is 1.67. The normalized spacial score (nSPS) is 16.0. The van der Waals surface area contributed by atoms with E-state index in [0.717, 1.165) is 61.5 Å². The minimum atomic E-state index is 0.768. The summed E-state index contributed by atoms with van der Waals surface area (Å²) in [4.78, 5) is 11.7. The first-order valence-corrected chi connectivity index (χ1v) is 8.30. The molecule has 3 heterocycles. The van der Waals surface area contributed by atoms with Crippen LogP contribution in [0.5, 0.6) is 0 Å². The summed E-state index contributed by atoms with van der Waals surface area (Å²) in [7, 11) is 0. The van der Waals surface area contributed by atoms with Crippen LogP contribution in [-0.4, -0.2) is 46.9 Å². The largest absolute Gasteiger partial charge is 0.378 e.